The predicted molar refractivity (Wildman–Crippen MR) is 92.6 cm³/mol. The highest BCUT2D eigenvalue weighted by atomic mass is 35.5. The Morgan fingerprint density at radius 1 is 1.43 bits per heavy atom. The second-order valence-electron chi connectivity index (χ2n) is 4.43. The van der Waals surface area contributed by atoms with Crippen molar-refractivity contribution >= 4 is 56.4 Å². The number of fused-ring (bicyclic) bond motifs is 1. The van der Waals surface area contributed by atoms with Crippen LogP contribution in [0.4, 0.5) is 5.69 Å². The summed E-state index contributed by atoms with van der Waals surface area (Å²) in [7, 11) is 0. The van der Waals surface area contributed by atoms with Gasteiger partial charge in [0.15, 0.2) is 0 Å². The summed E-state index contributed by atoms with van der Waals surface area (Å²) in [5.74, 6) is 1.57. The molecule has 4 N–H and O–H groups in total. The van der Waals surface area contributed by atoms with Crippen LogP contribution < -0.4 is 11.1 Å². The van der Waals surface area contributed by atoms with Gasteiger partial charge >= 0.3 is 0 Å². The highest BCUT2D eigenvalue weighted by molar-refractivity contribution is 7.99. The average Bonchev–Trinajstić information content (AvgIpc) is 2.79. The summed E-state index contributed by atoms with van der Waals surface area (Å²) in [6.07, 6.45) is 0.780. The zero-order valence-electron chi connectivity index (χ0n) is 11.4. The number of benzene rings is 1. The molecule has 7 heteroatoms. The van der Waals surface area contributed by atoms with E-state index in [9.17, 15) is 4.79 Å². The van der Waals surface area contributed by atoms with E-state index in [-0.39, 0.29) is 12.5 Å². The summed E-state index contributed by atoms with van der Waals surface area (Å²) in [6, 6.07) is 5.43. The lowest BCUT2D eigenvalue weighted by molar-refractivity contribution is 0.0961. The Kier molecular flexibility index (Phi) is 6.17. The van der Waals surface area contributed by atoms with Crippen LogP contribution in [0.1, 0.15) is 16.1 Å². The number of thioether (sulfide) groups is 1. The van der Waals surface area contributed by atoms with Crippen molar-refractivity contribution in [1.82, 2.24) is 5.32 Å². The number of carbonyl (C=O) groups is 1. The first kappa shape index (κ1) is 16.4. The van der Waals surface area contributed by atoms with Crippen molar-refractivity contribution in [3.63, 3.8) is 0 Å². The van der Waals surface area contributed by atoms with Gasteiger partial charge in [0.25, 0.3) is 5.91 Å². The molecule has 0 fully saturated rings. The quantitative estimate of drug-likeness (QED) is 0.675. The fourth-order valence-corrected chi connectivity index (χ4v) is 3.94. The molecular weight excluding hydrogens is 328 g/mol. The molecule has 0 aliphatic rings. The van der Waals surface area contributed by atoms with Crippen molar-refractivity contribution in [1.29, 1.82) is 0 Å². The lowest BCUT2D eigenvalue weighted by Crippen LogP contribution is -2.25. The molecule has 1 aromatic carbocycles. The zero-order chi connectivity index (χ0) is 15.2. The molecular formula is C14H17ClN2O2S2. The molecule has 0 aliphatic heterocycles. The minimum absolute atomic E-state index is 0.146. The number of halogens is 1. The molecule has 0 saturated carbocycles. The van der Waals surface area contributed by atoms with Gasteiger partial charge in [-0.1, -0.05) is 11.6 Å². The molecule has 0 radical (unpaired) electrons. The number of hydrogen-bond acceptors (Lipinski definition) is 5. The molecule has 0 bridgehead atoms. The number of aliphatic hydroxyl groups excluding tert-OH is 1. The van der Waals surface area contributed by atoms with Crippen LogP contribution in [0.5, 0.6) is 0 Å². The summed E-state index contributed by atoms with van der Waals surface area (Å²) in [5.41, 5.74) is 6.54. The number of thiophene rings is 1. The third-order valence-electron chi connectivity index (χ3n) is 2.88. The van der Waals surface area contributed by atoms with E-state index in [2.05, 4.69) is 5.32 Å². The molecule has 0 spiro atoms. The topological polar surface area (TPSA) is 75.4 Å². The molecule has 1 amide bonds. The number of nitrogens with one attached hydrogen (secondary N) is 1. The summed E-state index contributed by atoms with van der Waals surface area (Å²) < 4.78 is 0.919. The summed E-state index contributed by atoms with van der Waals surface area (Å²) in [4.78, 5) is 12.7. The average molecular weight is 345 g/mol. The first-order valence-corrected chi connectivity index (χ1v) is 8.92. The Morgan fingerprint density at radius 2 is 2.24 bits per heavy atom. The van der Waals surface area contributed by atoms with E-state index in [1.165, 1.54) is 11.3 Å². The van der Waals surface area contributed by atoms with Gasteiger partial charge in [-0.3, -0.25) is 4.79 Å². The smallest absolute Gasteiger partial charge is 0.263 e. The largest absolute Gasteiger partial charge is 0.397 e. The molecule has 2 aromatic rings. The number of amides is 1. The maximum Gasteiger partial charge on any atom is 0.263 e. The Hall–Kier alpha value is -0.950. The number of carbonyl (C=O) groups excluding carboxylic acids is 1. The number of aliphatic hydroxyl groups is 1. The van der Waals surface area contributed by atoms with E-state index in [4.69, 9.17) is 22.4 Å². The van der Waals surface area contributed by atoms with E-state index >= 15 is 0 Å². The molecule has 114 valence electrons. The Labute approximate surface area is 136 Å². The molecule has 0 aliphatic carbocycles. The minimum Gasteiger partial charge on any atom is -0.397 e. The van der Waals surface area contributed by atoms with Crippen LogP contribution in [-0.4, -0.2) is 35.7 Å². The van der Waals surface area contributed by atoms with Crippen LogP contribution in [0.25, 0.3) is 10.1 Å². The Bertz CT molecular complexity index is 631. The first-order chi connectivity index (χ1) is 10.1. The molecule has 0 saturated heterocycles. The number of nitrogen functional groups attached to an aromatic ring is 1. The van der Waals surface area contributed by atoms with Crippen molar-refractivity contribution in [3.05, 3.63) is 28.1 Å². The fourth-order valence-electron chi connectivity index (χ4n) is 1.84. The molecule has 2 rings (SSSR count). The van der Waals surface area contributed by atoms with Crippen molar-refractivity contribution in [2.24, 2.45) is 0 Å². The molecule has 4 nitrogen and oxygen atoms in total. The number of nitrogens with two attached hydrogens (primary N) is 1. The van der Waals surface area contributed by atoms with Gasteiger partial charge < -0.3 is 16.2 Å². The second-order valence-corrected chi connectivity index (χ2v) is 7.14. The van der Waals surface area contributed by atoms with Crippen LogP contribution in [0.3, 0.4) is 0 Å². The minimum atomic E-state index is -0.146. The van der Waals surface area contributed by atoms with Gasteiger partial charge in [-0.2, -0.15) is 11.8 Å². The van der Waals surface area contributed by atoms with Crippen LogP contribution in [0.15, 0.2) is 18.2 Å². The van der Waals surface area contributed by atoms with Gasteiger partial charge in [0.1, 0.15) is 4.88 Å². The van der Waals surface area contributed by atoms with Gasteiger partial charge in [0, 0.05) is 34.0 Å². The monoisotopic (exact) mass is 344 g/mol. The Balaban J connectivity index is 1.95. The summed E-state index contributed by atoms with van der Waals surface area (Å²) in [6.45, 7) is 0.795. The normalized spacial score (nSPS) is 11.0. The van der Waals surface area contributed by atoms with E-state index in [0.29, 0.717) is 22.1 Å². The maximum atomic E-state index is 12.1. The number of anilines is 1. The van der Waals surface area contributed by atoms with Crippen molar-refractivity contribution in [3.8, 4) is 0 Å². The van der Waals surface area contributed by atoms with Crippen LogP contribution >= 0.6 is 34.7 Å². The highest BCUT2D eigenvalue weighted by Crippen LogP contribution is 2.35. The van der Waals surface area contributed by atoms with Crippen molar-refractivity contribution < 1.29 is 9.90 Å². The van der Waals surface area contributed by atoms with Gasteiger partial charge in [-0.25, -0.2) is 0 Å². The summed E-state index contributed by atoms with van der Waals surface area (Å²) in [5, 5.41) is 13.0. The lowest BCUT2D eigenvalue weighted by Gasteiger charge is -2.04. The van der Waals surface area contributed by atoms with Crippen molar-refractivity contribution in [2.75, 3.05) is 30.4 Å². The van der Waals surface area contributed by atoms with Crippen LogP contribution in [0.2, 0.25) is 5.02 Å². The van der Waals surface area contributed by atoms with E-state index < -0.39 is 0 Å². The molecule has 1 heterocycles. The third kappa shape index (κ3) is 4.26. The standard InChI is InChI=1S/C14H17ClN2O2S2/c15-9-2-3-10-11(8-9)21-13(12(10)16)14(19)17-4-7-20-6-1-5-18/h2-3,8,18H,1,4-7,16H2,(H,17,19). The highest BCUT2D eigenvalue weighted by Gasteiger charge is 2.16. The maximum absolute atomic E-state index is 12.1. The molecule has 0 unspecified atom stereocenters. The van der Waals surface area contributed by atoms with Gasteiger partial charge in [-0.15, -0.1) is 11.3 Å². The van der Waals surface area contributed by atoms with Gasteiger partial charge in [0.2, 0.25) is 0 Å². The fraction of sp³-hybridized carbons (Fsp3) is 0.357. The van der Waals surface area contributed by atoms with Crippen molar-refractivity contribution in [2.45, 2.75) is 6.42 Å². The van der Waals surface area contributed by atoms with Gasteiger partial charge in [-0.05, 0) is 30.4 Å². The summed E-state index contributed by atoms with van der Waals surface area (Å²) >= 11 is 9.01. The third-order valence-corrected chi connectivity index (χ3v) is 5.35. The van der Waals surface area contributed by atoms with E-state index in [1.807, 2.05) is 12.1 Å². The molecule has 0 atom stereocenters. The number of rotatable bonds is 7. The molecule has 1 aromatic heterocycles. The van der Waals surface area contributed by atoms with E-state index in [1.54, 1.807) is 17.8 Å². The molecule has 21 heavy (non-hydrogen) atoms. The second kappa shape index (κ2) is 7.89. The first-order valence-electron chi connectivity index (χ1n) is 6.58. The van der Waals surface area contributed by atoms with Gasteiger partial charge in [0.05, 0.1) is 5.69 Å². The van der Waals surface area contributed by atoms with Crippen LogP contribution in [0, 0.1) is 0 Å². The van der Waals surface area contributed by atoms with E-state index in [0.717, 1.165) is 28.0 Å². The zero-order valence-corrected chi connectivity index (χ0v) is 13.8. The SMILES string of the molecule is Nc1c(C(=O)NCCSCCCO)sc2cc(Cl)ccc12. The predicted octanol–water partition coefficient (Wildman–Crippen LogP) is 2.98. The number of hydrogen-bond donors (Lipinski definition) is 3. The Morgan fingerprint density at radius 3 is 3.00 bits per heavy atom. The lowest BCUT2D eigenvalue weighted by atomic mass is 10.2. The van der Waals surface area contributed by atoms with Crippen LogP contribution in [-0.2, 0) is 0 Å².